The van der Waals surface area contributed by atoms with E-state index in [0.717, 1.165) is 0 Å². The predicted octanol–water partition coefficient (Wildman–Crippen LogP) is 1.83. The quantitative estimate of drug-likeness (QED) is 0.586. The molecule has 2 aromatic carbocycles. The number of nitrogens with one attached hydrogen (secondary N) is 2. The van der Waals surface area contributed by atoms with Crippen LogP contribution in [0, 0.1) is 5.82 Å². The SMILES string of the molecule is O=C(NCC[C@@H]1CC[C@H](NS(=O)(=O)c2ccccc2)[C@@H](CO)O1)c1ccccc1F. The second-order valence-electron chi connectivity index (χ2n) is 7.12. The number of amides is 1. The Morgan fingerprint density at radius 3 is 2.50 bits per heavy atom. The number of hydrogen-bond donors (Lipinski definition) is 3. The molecule has 162 valence electrons. The summed E-state index contributed by atoms with van der Waals surface area (Å²) in [5, 5.41) is 12.3. The van der Waals surface area contributed by atoms with Gasteiger partial charge in [0.1, 0.15) is 5.82 Å². The topological polar surface area (TPSA) is 105 Å². The summed E-state index contributed by atoms with van der Waals surface area (Å²) in [6.07, 6.45) is 0.580. The van der Waals surface area contributed by atoms with Crippen LogP contribution in [-0.2, 0) is 14.8 Å². The van der Waals surface area contributed by atoms with Gasteiger partial charge in [0.05, 0.1) is 35.3 Å². The molecule has 30 heavy (non-hydrogen) atoms. The molecule has 0 saturated carbocycles. The monoisotopic (exact) mass is 436 g/mol. The number of aliphatic hydroxyl groups excluding tert-OH is 1. The summed E-state index contributed by atoms with van der Waals surface area (Å²) in [6.45, 7) is -0.0591. The number of sulfonamides is 1. The van der Waals surface area contributed by atoms with Crippen LogP contribution >= 0.6 is 0 Å². The molecule has 3 N–H and O–H groups in total. The fraction of sp³-hybridized carbons (Fsp3) is 0.381. The molecule has 7 nitrogen and oxygen atoms in total. The van der Waals surface area contributed by atoms with Crippen LogP contribution in [0.4, 0.5) is 4.39 Å². The molecule has 0 aromatic heterocycles. The molecule has 0 radical (unpaired) electrons. The highest BCUT2D eigenvalue weighted by Gasteiger charge is 2.33. The third-order valence-corrected chi connectivity index (χ3v) is 6.53. The van der Waals surface area contributed by atoms with Crippen molar-refractivity contribution in [2.75, 3.05) is 13.2 Å². The minimum absolute atomic E-state index is 0.0225. The summed E-state index contributed by atoms with van der Waals surface area (Å²) < 4.78 is 47.2. The van der Waals surface area contributed by atoms with E-state index in [2.05, 4.69) is 10.0 Å². The third-order valence-electron chi connectivity index (χ3n) is 5.03. The zero-order valence-electron chi connectivity index (χ0n) is 16.3. The van der Waals surface area contributed by atoms with Crippen molar-refractivity contribution in [2.24, 2.45) is 0 Å². The lowest BCUT2D eigenvalue weighted by atomic mass is 9.98. The summed E-state index contributed by atoms with van der Waals surface area (Å²) >= 11 is 0. The van der Waals surface area contributed by atoms with Crippen LogP contribution < -0.4 is 10.0 Å². The van der Waals surface area contributed by atoms with Gasteiger partial charge >= 0.3 is 0 Å². The van der Waals surface area contributed by atoms with E-state index in [1.807, 2.05) is 0 Å². The van der Waals surface area contributed by atoms with Crippen molar-refractivity contribution in [2.45, 2.75) is 42.4 Å². The summed E-state index contributed by atoms with van der Waals surface area (Å²) in [4.78, 5) is 12.2. The fourth-order valence-corrected chi connectivity index (χ4v) is 4.75. The van der Waals surface area contributed by atoms with Gasteiger partial charge in [-0.2, -0.15) is 0 Å². The molecule has 1 aliphatic rings. The van der Waals surface area contributed by atoms with Crippen LogP contribution in [-0.4, -0.2) is 50.8 Å². The van der Waals surface area contributed by atoms with E-state index in [9.17, 15) is 22.7 Å². The van der Waals surface area contributed by atoms with E-state index >= 15 is 0 Å². The zero-order chi connectivity index (χ0) is 21.6. The third kappa shape index (κ3) is 5.63. The average molecular weight is 437 g/mol. The Morgan fingerprint density at radius 1 is 1.10 bits per heavy atom. The molecular formula is C21H25FN2O5S. The summed E-state index contributed by atoms with van der Waals surface area (Å²) in [7, 11) is -3.72. The van der Waals surface area contributed by atoms with Crippen LogP contribution in [0.1, 0.15) is 29.6 Å². The first kappa shape index (κ1) is 22.4. The minimum Gasteiger partial charge on any atom is -0.394 e. The number of halogens is 1. The Labute approximate surface area is 175 Å². The van der Waals surface area contributed by atoms with E-state index in [0.29, 0.717) is 19.3 Å². The first-order valence-corrected chi connectivity index (χ1v) is 11.3. The largest absolute Gasteiger partial charge is 0.394 e. The lowest BCUT2D eigenvalue weighted by Gasteiger charge is -2.36. The van der Waals surface area contributed by atoms with Gasteiger partial charge in [0.15, 0.2) is 0 Å². The Morgan fingerprint density at radius 2 is 1.80 bits per heavy atom. The van der Waals surface area contributed by atoms with E-state index in [1.54, 1.807) is 24.3 Å². The van der Waals surface area contributed by atoms with Gasteiger partial charge in [-0.3, -0.25) is 4.79 Å². The number of ether oxygens (including phenoxy) is 1. The van der Waals surface area contributed by atoms with Gasteiger partial charge in [-0.05, 0) is 43.5 Å². The van der Waals surface area contributed by atoms with E-state index < -0.39 is 33.9 Å². The van der Waals surface area contributed by atoms with Crippen LogP contribution in [0.5, 0.6) is 0 Å². The van der Waals surface area contributed by atoms with E-state index in [4.69, 9.17) is 4.74 Å². The van der Waals surface area contributed by atoms with Gasteiger partial charge in [0, 0.05) is 6.54 Å². The summed E-state index contributed by atoms with van der Waals surface area (Å²) in [6, 6.07) is 13.2. The van der Waals surface area contributed by atoms with Crippen LogP contribution in [0.15, 0.2) is 59.5 Å². The van der Waals surface area contributed by atoms with Crippen molar-refractivity contribution < 1.29 is 27.4 Å². The molecule has 0 aliphatic carbocycles. The highest BCUT2D eigenvalue weighted by Crippen LogP contribution is 2.23. The number of rotatable bonds is 8. The van der Waals surface area contributed by atoms with Gasteiger partial charge in [0.2, 0.25) is 10.0 Å². The lowest BCUT2D eigenvalue weighted by molar-refractivity contribution is -0.0871. The normalized spacial score (nSPS) is 21.9. The molecular weight excluding hydrogens is 411 g/mol. The first-order chi connectivity index (χ1) is 14.4. The second-order valence-corrected chi connectivity index (χ2v) is 8.84. The Kier molecular flexibility index (Phi) is 7.54. The van der Waals surface area contributed by atoms with Crippen LogP contribution in [0.3, 0.4) is 0 Å². The van der Waals surface area contributed by atoms with Crippen molar-refractivity contribution in [3.8, 4) is 0 Å². The number of carbonyl (C=O) groups excluding carboxylic acids is 1. The van der Waals surface area contributed by atoms with Gasteiger partial charge < -0.3 is 15.2 Å². The van der Waals surface area contributed by atoms with Crippen molar-refractivity contribution in [1.29, 1.82) is 0 Å². The van der Waals surface area contributed by atoms with Crippen molar-refractivity contribution in [3.05, 3.63) is 66.0 Å². The fourth-order valence-electron chi connectivity index (χ4n) is 3.43. The second kappa shape index (κ2) is 10.1. The van der Waals surface area contributed by atoms with Crippen LogP contribution in [0.2, 0.25) is 0 Å². The number of carbonyl (C=O) groups is 1. The molecule has 1 amide bonds. The Bertz CT molecular complexity index is 955. The number of aliphatic hydroxyl groups is 1. The molecule has 0 unspecified atom stereocenters. The molecule has 1 aliphatic heterocycles. The van der Waals surface area contributed by atoms with Gasteiger partial charge in [-0.15, -0.1) is 0 Å². The standard InChI is InChI=1S/C21H25FN2O5S/c22-18-9-5-4-8-17(18)21(26)23-13-12-15-10-11-19(20(14-25)29-15)24-30(27,28)16-6-2-1-3-7-16/h1-9,15,19-20,24-25H,10-14H2,(H,23,26)/t15-,19-,20+/m0/s1. The molecule has 3 atom stereocenters. The lowest BCUT2D eigenvalue weighted by Crippen LogP contribution is -2.51. The molecule has 1 fully saturated rings. The smallest absolute Gasteiger partial charge is 0.254 e. The molecule has 2 aromatic rings. The van der Waals surface area contributed by atoms with Gasteiger partial charge in [-0.1, -0.05) is 30.3 Å². The van der Waals surface area contributed by atoms with Crippen molar-refractivity contribution >= 4 is 15.9 Å². The van der Waals surface area contributed by atoms with E-state index in [-0.39, 0.29) is 29.7 Å². The molecule has 0 spiro atoms. The maximum absolute atomic E-state index is 13.7. The van der Waals surface area contributed by atoms with Gasteiger partial charge in [0.25, 0.3) is 5.91 Å². The van der Waals surface area contributed by atoms with Crippen molar-refractivity contribution in [3.63, 3.8) is 0 Å². The maximum Gasteiger partial charge on any atom is 0.254 e. The molecule has 0 bridgehead atoms. The van der Waals surface area contributed by atoms with E-state index in [1.165, 1.54) is 30.3 Å². The summed E-state index contributed by atoms with van der Waals surface area (Å²) in [5.74, 6) is -1.09. The van der Waals surface area contributed by atoms with Crippen molar-refractivity contribution in [1.82, 2.24) is 10.0 Å². The Hall–Kier alpha value is -2.33. The Balaban J connectivity index is 1.51. The molecule has 3 rings (SSSR count). The average Bonchev–Trinajstić information content (AvgIpc) is 2.75. The molecule has 1 heterocycles. The first-order valence-electron chi connectivity index (χ1n) is 9.77. The minimum atomic E-state index is -3.72. The molecule has 9 heteroatoms. The number of benzene rings is 2. The van der Waals surface area contributed by atoms with Gasteiger partial charge in [-0.25, -0.2) is 17.5 Å². The van der Waals surface area contributed by atoms with Crippen LogP contribution in [0.25, 0.3) is 0 Å². The predicted molar refractivity (Wildman–Crippen MR) is 109 cm³/mol. The highest BCUT2D eigenvalue weighted by molar-refractivity contribution is 7.89. The maximum atomic E-state index is 13.7. The highest BCUT2D eigenvalue weighted by atomic mass is 32.2. The zero-order valence-corrected chi connectivity index (χ0v) is 17.1. The number of hydrogen-bond acceptors (Lipinski definition) is 5. The molecule has 1 saturated heterocycles. The summed E-state index contributed by atoms with van der Waals surface area (Å²) in [5.41, 5.74) is -0.0225.